The Hall–Kier alpha value is -2.85. The lowest BCUT2D eigenvalue weighted by molar-refractivity contribution is -0.133. The van der Waals surface area contributed by atoms with Crippen molar-refractivity contribution < 1.29 is 19.3 Å². The SMILES string of the molecule is Nc1ncnc2c1ncn2C1OC(CO)C2OC(/C=C/c3ccccc3)OC21. The Kier molecular flexibility index (Phi) is 4.29. The molecule has 5 rings (SSSR count). The van der Waals surface area contributed by atoms with Gasteiger partial charge < -0.3 is 25.1 Å². The summed E-state index contributed by atoms with van der Waals surface area (Å²) in [5.41, 5.74) is 7.96. The molecule has 2 aromatic heterocycles. The van der Waals surface area contributed by atoms with Gasteiger partial charge in [0.25, 0.3) is 0 Å². The minimum absolute atomic E-state index is 0.181. The van der Waals surface area contributed by atoms with Crippen LogP contribution in [0.3, 0.4) is 0 Å². The van der Waals surface area contributed by atoms with Crippen molar-refractivity contribution in [1.29, 1.82) is 0 Å². The molecule has 9 heteroatoms. The Morgan fingerprint density at radius 3 is 2.71 bits per heavy atom. The highest BCUT2D eigenvalue weighted by Crippen LogP contribution is 2.40. The quantitative estimate of drug-likeness (QED) is 0.690. The number of rotatable bonds is 4. The number of imidazole rings is 1. The standard InChI is InChI=1S/C19H19N5O4/c20-17-14-18(22-9-21-17)24(10-23-14)19-16-15(12(8-25)26-19)27-13(28-16)7-6-11-4-2-1-3-5-11/h1-7,9-10,12-13,15-16,19,25H,8H2,(H2,20,21,22)/b7-6+. The molecule has 2 saturated heterocycles. The number of nitrogens with zero attached hydrogens (tertiary/aromatic N) is 4. The summed E-state index contributed by atoms with van der Waals surface area (Å²) >= 11 is 0. The average Bonchev–Trinajstić information content (AvgIpc) is 3.41. The molecule has 28 heavy (non-hydrogen) atoms. The number of nitrogen functional groups attached to an aromatic ring is 1. The average molecular weight is 381 g/mol. The van der Waals surface area contributed by atoms with Crippen molar-refractivity contribution >= 4 is 23.1 Å². The van der Waals surface area contributed by atoms with E-state index in [0.29, 0.717) is 17.0 Å². The largest absolute Gasteiger partial charge is 0.394 e. The molecule has 0 radical (unpaired) electrons. The maximum atomic E-state index is 9.73. The zero-order chi connectivity index (χ0) is 19.1. The van der Waals surface area contributed by atoms with Gasteiger partial charge in [-0.2, -0.15) is 0 Å². The molecule has 3 N–H and O–H groups in total. The highest BCUT2D eigenvalue weighted by atomic mass is 16.8. The first-order chi connectivity index (χ1) is 13.7. The van der Waals surface area contributed by atoms with Crippen LogP contribution >= 0.6 is 0 Å². The first-order valence-corrected chi connectivity index (χ1v) is 8.98. The lowest BCUT2D eigenvalue weighted by Crippen LogP contribution is -2.30. The van der Waals surface area contributed by atoms with E-state index in [1.54, 1.807) is 10.9 Å². The Morgan fingerprint density at radius 2 is 1.89 bits per heavy atom. The topological polar surface area (TPSA) is 118 Å². The van der Waals surface area contributed by atoms with Crippen LogP contribution in [0, 0.1) is 0 Å². The minimum atomic E-state index is -0.545. The van der Waals surface area contributed by atoms with Crippen molar-refractivity contribution in [3.8, 4) is 0 Å². The van der Waals surface area contributed by atoms with E-state index in [1.807, 2.05) is 42.5 Å². The Labute approximate surface area is 160 Å². The molecule has 4 heterocycles. The first kappa shape index (κ1) is 17.3. The molecule has 5 atom stereocenters. The zero-order valence-corrected chi connectivity index (χ0v) is 14.8. The second-order valence-electron chi connectivity index (χ2n) is 6.67. The molecule has 0 bridgehead atoms. The van der Waals surface area contributed by atoms with Gasteiger partial charge in [0.05, 0.1) is 12.9 Å². The Balaban J connectivity index is 1.42. The number of hydrogen-bond donors (Lipinski definition) is 2. The van der Waals surface area contributed by atoms with Gasteiger partial charge in [0.2, 0.25) is 0 Å². The molecular formula is C19H19N5O4. The van der Waals surface area contributed by atoms with Gasteiger partial charge in [0.15, 0.2) is 24.0 Å². The summed E-state index contributed by atoms with van der Waals surface area (Å²) in [7, 11) is 0. The smallest absolute Gasteiger partial charge is 0.178 e. The van der Waals surface area contributed by atoms with E-state index in [1.165, 1.54) is 6.33 Å². The van der Waals surface area contributed by atoms with Gasteiger partial charge in [-0.3, -0.25) is 4.57 Å². The number of aliphatic hydroxyl groups excluding tert-OH is 1. The van der Waals surface area contributed by atoms with Crippen molar-refractivity contribution in [2.75, 3.05) is 12.3 Å². The summed E-state index contributed by atoms with van der Waals surface area (Å²) in [4.78, 5) is 12.5. The molecule has 2 fully saturated rings. The molecule has 5 unspecified atom stereocenters. The van der Waals surface area contributed by atoms with Crippen LogP contribution in [0.15, 0.2) is 49.1 Å². The fourth-order valence-corrected chi connectivity index (χ4v) is 3.63. The molecule has 1 aromatic carbocycles. The van der Waals surface area contributed by atoms with Crippen LogP contribution < -0.4 is 5.73 Å². The molecule has 9 nitrogen and oxygen atoms in total. The lowest BCUT2D eigenvalue weighted by Gasteiger charge is -2.19. The second kappa shape index (κ2) is 6.95. The summed E-state index contributed by atoms with van der Waals surface area (Å²) in [6.07, 6.45) is 4.34. The number of fused-ring (bicyclic) bond motifs is 2. The van der Waals surface area contributed by atoms with Crippen LogP contribution in [0.1, 0.15) is 11.8 Å². The van der Waals surface area contributed by atoms with Gasteiger partial charge in [0, 0.05) is 0 Å². The maximum Gasteiger partial charge on any atom is 0.178 e. The number of benzene rings is 1. The van der Waals surface area contributed by atoms with Crippen molar-refractivity contribution in [2.45, 2.75) is 30.8 Å². The van der Waals surface area contributed by atoms with Gasteiger partial charge in [-0.25, -0.2) is 15.0 Å². The van der Waals surface area contributed by atoms with Crippen LogP contribution in [-0.2, 0) is 14.2 Å². The van der Waals surface area contributed by atoms with Crippen LogP contribution in [0.5, 0.6) is 0 Å². The highest BCUT2D eigenvalue weighted by Gasteiger charge is 2.53. The highest BCUT2D eigenvalue weighted by molar-refractivity contribution is 5.81. The molecule has 2 aliphatic rings. The molecule has 0 saturated carbocycles. The third-order valence-electron chi connectivity index (χ3n) is 4.95. The lowest BCUT2D eigenvalue weighted by atomic mass is 10.1. The molecule has 3 aromatic rings. The van der Waals surface area contributed by atoms with Crippen molar-refractivity contribution in [3.63, 3.8) is 0 Å². The normalized spacial score (nSPS) is 29.7. The van der Waals surface area contributed by atoms with E-state index in [2.05, 4.69) is 15.0 Å². The molecule has 2 aliphatic heterocycles. The van der Waals surface area contributed by atoms with Crippen LogP contribution in [-0.4, -0.2) is 55.8 Å². The van der Waals surface area contributed by atoms with Gasteiger partial charge in [0.1, 0.15) is 30.2 Å². The summed E-state index contributed by atoms with van der Waals surface area (Å²) in [5, 5.41) is 9.73. The van der Waals surface area contributed by atoms with Crippen LogP contribution in [0.2, 0.25) is 0 Å². The van der Waals surface area contributed by atoms with Crippen LogP contribution in [0.4, 0.5) is 5.82 Å². The third-order valence-corrected chi connectivity index (χ3v) is 4.95. The van der Waals surface area contributed by atoms with Crippen molar-refractivity contribution in [3.05, 3.63) is 54.6 Å². The Morgan fingerprint density at radius 1 is 1.07 bits per heavy atom. The van der Waals surface area contributed by atoms with Gasteiger partial charge >= 0.3 is 0 Å². The number of hydrogen-bond acceptors (Lipinski definition) is 8. The summed E-state index contributed by atoms with van der Waals surface area (Å²) in [6, 6.07) is 9.89. The van der Waals surface area contributed by atoms with E-state index in [4.69, 9.17) is 19.9 Å². The summed E-state index contributed by atoms with van der Waals surface area (Å²) < 4.78 is 19.8. The predicted octanol–water partition coefficient (Wildman–Crippen LogP) is 1.12. The first-order valence-electron chi connectivity index (χ1n) is 8.98. The van der Waals surface area contributed by atoms with Crippen LogP contribution in [0.25, 0.3) is 17.2 Å². The number of ether oxygens (including phenoxy) is 3. The number of anilines is 1. The minimum Gasteiger partial charge on any atom is -0.394 e. The Bertz CT molecular complexity index is 1010. The molecule has 144 valence electrons. The molecule has 0 aliphatic carbocycles. The maximum absolute atomic E-state index is 9.73. The van der Waals surface area contributed by atoms with Crippen molar-refractivity contribution in [1.82, 2.24) is 19.5 Å². The number of nitrogens with two attached hydrogens (primary N) is 1. The fraction of sp³-hybridized carbons (Fsp3) is 0.316. The third kappa shape index (κ3) is 2.85. The zero-order valence-electron chi connectivity index (χ0n) is 14.8. The van der Waals surface area contributed by atoms with Crippen molar-refractivity contribution in [2.24, 2.45) is 0 Å². The monoisotopic (exact) mass is 381 g/mol. The van der Waals surface area contributed by atoms with E-state index >= 15 is 0 Å². The van der Waals surface area contributed by atoms with Gasteiger partial charge in [-0.1, -0.05) is 36.4 Å². The second-order valence-corrected chi connectivity index (χ2v) is 6.67. The van der Waals surface area contributed by atoms with E-state index < -0.39 is 30.8 Å². The van der Waals surface area contributed by atoms with E-state index in [9.17, 15) is 5.11 Å². The van der Waals surface area contributed by atoms with E-state index in [0.717, 1.165) is 5.56 Å². The van der Waals surface area contributed by atoms with Gasteiger partial charge in [-0.15, -0.1) is 0 Å². The molecule has 0 spiro atoms. The summed E-state index contributed by atoms with van der Waals surface area (Å²) in [6.45, 7) is -0.181. The fourth-order valence-electron chi connectivity index (χ4n) is 3.63. The predicted molar refractivity (Wildman–Crippen MR) is 99.7 cm³/mol. The molecule has 0 amide bonds. The molecular weight excluding hydrogens is 362 g/mol. The number of aliphatic hydroxyl groups is 1. The number of aromatic nitrogens is 4. The summed E-state index contributed by atoms with van der Waals surface area (Å²) in [5.74, 6) is 0.296. The van der Waals surface area contributed by atoms with E-state index in [-0.39, 0.29) is 6.61 Å². The van der Waals surface area contributed by atoms with Gasteiger partial charge in [-0.05, 0) is 11.6 Å².